The number of carbonyl (C=O) groups is 3. The number of nitrogens with zero attached hydrogens (tertiary/aromatic N) is 1. The first-order valence-corrected chi connectivity index (χ1v) is 7.14. The first-order valence-electron chi connectivity index (χ1n) is 7.14. The fraction of sp³-hybridized carbons (Fsp3) is 0.562. The molecule has 1 amide bonds. The third kappa shape index (κ3) is 1.25. The van der Waals surface area contributed by atoms with Crippen LogP contribution >= 0.6 is 0 Å². The normalized spacial score (nSPS) is 38.6. The van der Waals surface area contributed by atoms with E-state index in [-0.39, 0.29) is 17.4 Å². The molecule has 4 rings (SSSR count). The summed E-state index contributed by atoms with van der Waals surface area (Å²) in [6, 6.07) is 0. The minimum Gasteiger partial charge on any atom is -0.466 e. The Balaban J connectivity index is 2.27. The molecule has 0 spiro atoms. The zero-order valence-electron chi connectivity index (χ0n) is 13.3. The summed E-state index contributed by atoms with van der Waals surface area (Å²) in [7, 11) is 4.28. The van der Waals surface area contributed by atoms with Crippen LogP contribution in [0.2, 0.25) is 0 Å². The number of likely N-dealkylation sites (tertiary alicyclic amines) is 1. The van der Waals surface area contributed by atoms with Crippen LogP contribution < -0.4 is 0 Å². The van der Waals surface area contributed by atoms with Crippen molar-refractivity contribution in [1.29, 1.82) is 0 Å². The molecule has 1 aliphatic heterocycles. The van der Waals surface area contributed by atoms with Crippen LogP contribution in [0.1, 0.15) is 13.8 Å². The molecule has 22 heavy (non-hydrogen) atoms. The van der Waals surface area contributed by atoms with Gasteiger partial charge < -0.3 is 14.4 Å². The topological polar surface area (TPSA) is 72.9 Å². The number of methoxy groups -OCH3 is 2. The molecule has 0 radical (unpaired) electrons. The molecular weight excluding hydrogens is 286 g/mol. The van der Waals surface area contributed by atoms with Gasteiger partial charge in [-0.05, 0) is 13.8 Å². The number of rotatable bonds is 2. The molecule has 0 aromatic carbocycles. The van der Waals surface area contributed by atoms with E-state index >= 15 is 0 Å². The van der Waals surface area contributed by atoms with Gasteiger partial charge in [-0.2, -0.15) is 0 Å². The lowest BCUT2D eigenvalue weighted by atomic mass is 9.43. The highest BCUT2D eigenvalue weighted by molar-refractivity contribution is 6.07. The molecule has 4 aliphatic rings. The van der Waals surface area contributed by atoms with Gasteiger partial charge in [0.25, 0.3) is 0 Å². The highest BCUT2D eigenvalue weighted by Crippen LogP contribution is 2.65. The lowest BCUT2D eigenvalue weighted by molar-refractivity contribution is -0.200. The molecule has 0 saturated carbocycles. The van der Waals surface area contributed by atoms with Gasteiger partial charge in [-0.25, -0.2) is 9.59 Å². The van der Waals surface area contributed by atoms with Crippen LogP contribution in [0.25, 0.3) is 0 Å². The molecule has 1 heterocycles. The number of hydrogen-bond donors (Lipinski definition) is 0. The van der Waals surface area contributed by atoms with Crippen molar-refractivity contribution in [3.05, 3.63) is 23.3 Å². The summed E-state index contributed by atoms with van der Waals surface area (Å²) >= 11 is 0. The predicted octanol–water partition coefficient (Wildman–Crippen LogP) is 0.682. The third-order valence-corrected chi connectivity index (χ3v) is 5.94. The fourth-order valence-electron chi connectivity index (χ4n) is 4.44. The summed E-state index contributed by atoms with van der Waals surface area (Å²) in [6.07, 6.45) is 3.74. The molecule has 6 nitrogen and oxygen atoms in total. The first-order chi connectivity index (χ1) is 10.3. The van der Waals surface area contributed by atoms with Crippen molar-refractivity contribution >= 4 is 17.8 Å². The van der Waals surface area contributed by atoms with E-state index in [0.717, 1.165) is 0 Å². The molecule has 1 fully saturated rings. The van der Waals surface area contributed by atoms with Crippen LogP contribution in [-0.2, 0) is 23.9 Å². The lowest BCUT2D eigenvalue weighted by Gasteiger charge is -2.70. The second kappa shape index (κ2) is 4.21. The van der Waals surface area contributed by atoms with Gasteiger partial charge in [-0.3, -0.25) is 4.79 Å². The minimum atomic E-state index is -0.748. The van der Waals surface area contributed by atoms with Crippen molar-refractivity contribution in [2.45, 2.75) is 19.4 Å². The standard InChI is InChI=1S/C16H19NO5/c1-15-8-6-7-9(16(15,2)17(3)14(15)20)11(13(19)22-5)10(8)12(18)21-4/h6-9H,1-5H3. The highest BCUT2D eigenvalue weighted by Gasteiger charge is 2.75. The van der Waals surface area contributed by atoms with Crippen LogP contribution in [0.4, 0.5) is 0 Å². The maximum absolute atomic E-state index is 12.5. The predicted molar refractivity (Wildman–Crippen MR) is 76.5 cm³/mol. The number of hydrogen-bond acceptors (Lipinski definition) is 5. The van der Waals surface area contributed by atoms with Crippen molar-refractivity contribution < 1.29 is 23.9 Å². The van der Waals surface area contributed by atoms with Crippen molar-refractivity contribution in [3.63, 3.8) is 0 Å². The monoisotopic (exact) mass is 305 g/mol. The summed E-state index contributed by atoms with van der Waals surface area (Å²) in [5.74, 6) is -2.01. The molecule has 3 aliphatic carbocycles. The van der Waals surface area contributed by atoms with Crippen molar-refractivity contribution in [3.8, 4) is 0 Å². The average molecular weight is 305 g/mol. The Labute approximate surface area is 128 Å². The Morgan fingerprint density at radius 2 is 1.50 bits per heavy atom. The fourth-order valence-corrected chi connectivity index (χ4v) is 4.44. The van der Waals surface area contributed by atoms with Gasteiger partial charge in [0, 0.05) is 18.9 Å². The lowest BCUT2D eigenvalue weighted by Crippen LogP contribution is -2.81. The van der Waals surface area contributed by atoms with E-state index in [4.69, 9.17) is 9.47 Å². The number of carbonyl (C=O) groups excluding carboxylic acids is 3. The molecule has 4 unspecified atom stereocenters. The summed E-state index contributed by atoms with van der Waals surface area (Å²) in [4.78, 5) is 38.7. The van der Waals surface area contributed by atoms with Gasteiger partial charge in [0.2, 0.25) is 5.91 Å². The van der Waals surface area contributed by atoms with Gasteiger partial charge in [0.05, 0.1) is 36.3 Å². The minimum absolute atomic E-state index is 0.0281. The van der Waals surface area contributed by atoms with E-state index in [2.05, 4.69) is 0 Å². The van der Waals surface area contributed by atoms with E-state index in [1.807, 2.05) is 26.0 Å². The Bertz CT molecular complexity index is 663. The first kappa shape index (κ1) is 14.8. The van der Waals surface area contributed by atoms with Crippen LogP contribution in [0.5, 0.6) is 0 Å². The van der Waals surface area contributed by atoms with E-state index in [0.29, 0.717) is 5.57 Å². The van der Waals surface area contributed by atoms with Crippen molar-refractivity contribution in [1.82, 2.24) is 4.90 Å². The van der Waals surface area contributed by atoms with E-state index in [1.165, 1.54) is 14.2 Å². The summed E-state index contributed by atoms with van der Waals surface area (Å²) < 4.78 is 9.72. The van der Waals surface area contributed by atoms with Crippen LogP contribution in [0.3, 0.4) is 0 Å². The Kier molecular flexibility index (Phi) is 2.84. The van der Waals surface area contributed by atoms with Crippen LogP contribution in [0.15, 0.2) is 23.3 Å². The summed E-state index contributed by atoms with van der Waals surface area (Å²) in [6.45, 7) is 3.81. The zero-order chi connectivity index (χ0) is 16.4. The van der Waals surface area contributed by atoms with Gasteiger partial charge in [-0.1, -0.05) is 12.2 Å². The summed E-state index contributed by atoms with van der Waals surface area (Å²) in [5.41, 5.74) is -0.739. The Morgan fingerprint density at radius 3 is 2.00 bits per heavy atom. The number of ether oxygens (including phenoxy) is 2. The molecular formula is C16H19NO5. The Morgan fingerprint density at radius 1 is 1.05 bits per heavy atom. The van der Waals surface area contributed by atoms with Crippen LogP contribution in [-0.4, -0.2) is 49.6 Å². The number of β-lactam (4-membered cyclic amide) rings is 1. The van der Waals surface area contributed by atoms with E-state index in [1.54, 1.807) is 11.9 Å². The van der Waals surface area contributed by atoms with E-state index in [9.17, 15) is 14.4 Å². The van der Waals surface area contributed by atoms with Gasteiger partial charge in [0.1, 0.15) is 0 Å². The van der Waals surface area contributed by atoms with Crippen molar-refractivity contribution in [2.24, 2.45) is 17.3 Å². The number of esters is 2. The average Bonchev–Trinajstić information content (AvgIpc) is 2.55. The molecule has 4 atom stereocenters. The SMILES string of the molecule is COC(=O)C1=C(C(=O)OC)C2C=CC1C1(C)C(=O)N(C)C21C. The summed E-state index contributed by atoms with van der Waals surface area (Å²) in [5, 5.41) is 0. The third-order valence-electron chi connectivity index (χ3n) is 5.94. The van der Waals surface area contributed by atoms with Gasteiger partial charge >= 0.3 is 11.9 Å². The molecule has 2 bridgehead atoms. The molecule has 0 aromatic rings. The van der Waals surface area contributed by atoms with Crippen molar-refractivity contribution in [2.75, 3.05) is 21.3 Å². The zero-order valence-corrected chi connectivity index (χ0v) is 13.3. The number of allylic oxidation sites excluding steroid dienone is 1. The van der Waals surface area contributed by atoms with Crippen LogP contribution in [0, 0.1) is 17.3 Å². The molecule has 0 N–H and O–H groups in total. The number of amides is 1. The molecule has 0 aromatic heterocycles. The van der Waals surface area contributed by atoms with Gasteiger partial charge in [0.15, 0.2) is 0 Å². The Hall–Kier alpha value is -2.11. The van der Waals surface area contributed by atoms with E-state index < -0.39 is 28.8 Å². The second-order valence-corrected chi connectivity index (χ2v) is 6.36. The maximum Gasteiger partial charge on any atom is 0.334 e. The smallest absolute Gasteiger partial charge is 0.334 e. The van der Waals surface area contributed by atoms with Gasteiger partial charge in [-0.15, -0.1) is 0 Å². The highest BCUT2D eigenvalue weighted by atomic mass is 16.5. The second-order valence-electron chi connectivity index (χ2n) is 6.36. The molecule has 1 saturated heterocycles. The largest absolute Gasteiger partial charge is 0.466 e. The quantitative estimate of drug-likeness (QED) is 0.426. The maximum atomic E-state index is 12.5. The molecule has 6 heteroatoms. The molecule has 118 valence electrons.